The van der Waals surface area contributed by atoms with Crippen LogP contribution in [0.5, 0.6) is 0 Å². The lowest BCUT2D eigenvalue weighted by Crippen LogP contribution is -2.03. The summed E-state index contributed by atoms with van der Waals surface area (Å²) in [4.78, 5) is 8.08. The van der Waals surface area contributed by atoms with Crippen LogP contribution < -0.4 is 11.1 Å². The highest BCUT2D eigenvalue weighted by atomic mass is 19.1. The van der Waals surface area contributed by atoms with Crippen molar-refractivity contribution in [2.75, 3.05) is 11.1 Å². The molecule has 2 aromatic heterocycles. The van der Waals surface area contributed by atoms with Crippen molar-refractivity contribution in [3.8, 4) is 0 Å². The summed E-state index contributed by atoms with van der Waals surface area (Å²) >= 11 is 0. The van der Waals surface area contributed by atoms with Crippen molar-refractivity contribution in [2.24, 2.45) is 0 Å². The molecule has 6 nitrogen and oxygen atoms in total. The predicted molar refractivity (Wildman–Crippen MR) is 70.5 cm³/mol. The van der Waals surface area contributed by atoms with E-state index < -0.39 is 0 Å². The van der Waals surface area contributed by atoms with Crippen LogP contribution >= 0.6 is 0 Å². The molecule has 0 bridgehead atoms. The summed E-state index contributed by atoms with van der Waals surface area (Å²) < 4.78 is 13.8. The number of aromatic amines is 1. The van der Waals surface area contributed by atoms with E-state index in [1.807, 2.05) is 13.0 Å². The van der Waals surface area contributed by atoms with Gasteiger partial charge in [0, 0.05) is 0 Å². The minimum absolute atomic E-state index is 0.0910. The molecule has 2 heterocycles. The maximum absolute atomic E-state index is 13.8. The molecule has 3 aromatic rings. The highest BCUT2D eigenvalue weighted by Crippen LogP contribution is 2.26. The van der Waals surface area contributed by atoms with Gasteiger partial charge < -0.3 is 11.1 Å². The zero-order valence-electron chi connectivity index (χ0n) is 10.1. The number of nitrogens with two attached hydrogens (primary N) is 1. The second kappa shape index (κ2) is 4.20. The van der Waals surface area contributed by atoms with Crippen molar-refractivity contribution in [1.82, 2.24) is 20.2 Å². The Morgan fingerprint density at radius 1 is 1.32 bits per heavy atom. The second-order valence-electron chi connectivity index (χ2n) is 4.12. The SMILES string of the molecule is Cc1cccc(F)c1Nc1nc(N)nc2[nH]ncc12. The van der Waals surface area contributed by atoms with Gasteiger partial charge >= 0.3 is 0 Å². The smallest absolute Gasteiger partial charge is 0.224 e. The maximum atomic E-state index is 13.8. The van der Waals surface area contributed by atoms with Gasteiger partial charge in [0.15, 0.2) is 5.65 Å². The summed E-state index contributed by atoms with van der Waals surface area (Å²) in [5.74, 6) is 0.159. The van der Waals surface area contributed by atoms with Crippen LogP contribution in [0.25, 0.3) is 11.0 Å². The van der Waals surface area contributed by atoms with E-state index in [2.05, 4.69) is 25.5 Å². The number of anilines is 3. The van der Waals surface area contributed by atoms with Gasteiger partial charge in [-0.25, -0.2) is 4.39 Å². The number of aryl methyl sites for hydroxylation is 1. The zero-order valence-corrected chi connectivity index (χ0v) is 10.1. The Morgan fingerprint density at radius 3 is 2.95 bits per heavy atom. The number of rotatable bonds is 2. The lowest BCUT2D eigenvalue weighted by atomic mass is 10.2. The summed E-state index contributed by atoms with van der Waals surface area (Å²) in [6.45, 7) is 1.81. The van der Waals surface area contributed by atoms with Crippen LogP contribution in [0.4, 0.5) is 21.8 Å². The molecule has 0 aliphatic carbocycles. The van der Waals surface area contributed by atoms with Crippen molar-refractivity contribution in [2.45, 2.75) is 6.92 Å². The molecule has 0 amide bonds. The topological polar surface area (TPSA) is 92.5 Å². The first-order chi connectivity index (χ1) is 9.15. The van der Waals surface area contributed by atoms with Crippen molar-refractivity contribution in [3.63, 3.8) is 0 Å². The van der Waals surface area contributed by atoms with E-state index in [0.717, 1.165) is 5.56 Å². The maximum Gasteiger partial charge on any atom is 0.224 e. The van der Waals surface area contributed by atoms with Crippen molar-refractivity contribution < 1.29 is 4.39 Å². The van der Waals surface area contributed by atoms with Gasteiger partial charge in [-0.15, -0.1) is 0 Å². The number of para-hydroxylation sites is 1. The summed E-state index contributed by atoms with van der Waals surface area (Å²) in [6, 6.07) is 4.84. The van der Waals surface area contributed by atoms with Gasteiger partial charge in [-0.05, 0) is 18.6 Å². The molecule has 0 saturated carbocycles. The Labute approximate surface area is 107 Å². The summed E-state index contributed by atoms with van der Waals surface area (Å²) in [5.41, 5.74) is 7.25. The molecule has 0 aliphatic rings. The standard InChI is InChI=1S/C12H11FN6/c1-6-3-2-4-8(13)9(6)16-10-7-5-15-19-11(7)18-12(14)17-10/h2-5H,1H3,(H4,14,15,16,17,18,19). The Bertz CT molecular complexity index is 731. The Balaban J connectivity index is 2.13. The summed E-state index contributed by atoms with van der Waals surface area (Å²) in [6.07, 6.45) is 1.56. The third-order valence-corrected chi connectivity index (χ3v) is 2.79. The fourth-order valence-corrected chi connectivity index (χ4v) is 1.86. The first-order valence-electron chi connectivity index (χ1n) is 5.64. The molecule has 0 fully saturated rings. The van der Waals surface area contributed by atoms with E-state index in [-0.39, 0.29) is 11.8 Å². The molecule has 0 unspecified atom stereocenters. The van der Waals surface area contributed by atoms with Crippen LogP contribution in [0.2, 0.25) is 0 Å². The summed E-state index contributed by atoms with van der Waals surface area (Å²) in [5, 5.41) is 10.2. The van der Waals surface area contributed by atoms with Gasteiger partial charge in [0.05, 0.1) is 17.3 Å². The quantitative estimate of drug-likeness (QED) is 0.654. The zero-order chi connectivity index (χ0) is 13.4. The molecule has 19 heavy (non-hydrogen) atoms. The largest absolute Gasteiger partial charge is 0.368 e. The van der Waals surface area contributed by atoms with Crippen LogP contribution in [0.1, 0.15) is 5.56 Å². The molecule has 3 rings (SSSR count). The van der Waals surface area contributed by atoms with Gasteiger partial charge in [0.25, 0.3) is 0 Å². The molecule has 7 heteroatoms. The number of H-pyrrole nitrogens is 1. The molecular formula is C12H11FN6. The average Bonchev–Trinajstić information content (AvgIpc) is 2.81. The second-order valence-corrected chi connectivity index (χ2v) is 4.12. The van der Waals surface area contributed by atoms with Crippen molar-refractivity contribution >= 4 is 28.5 Å². The lowest BCUT2D eigenvalue weighted by Gasteiger charge is -2.10. The minimum atomic E-state index is -0.353. The molecule has 96 valence electrons. The van der Waals surface area contributed by atoms with Gasteiger partial charge in [0.1, 0.15) is 11.6 Å². The number of nitrogens with zero attached hydrogens (tertiary/aromatic N) is 3. The van der Waals surface area contributed by atoms with Gasteiger partial charge in [0.2, 0.25) is 5.95 Å². The predicted octanol–water partition coefficient (Wildman–Crippen LogP) is 2.13. The van der Waals surface area contributed by atoms with Gasteiger partial charge in [-0.1, -0.05) is 12.1 Å². The van der Waals surface area contributed by atoms with E-state index in [1.54, 1.807) is 12.3 Å². The van der Waals surface area contributed by atoms with Gasteiger partial charge in [-0.2, -0.15) is 15.1 Å². The summed E-state index contributed by atoms with van der Waals surface area (Å²) in [7, 11) is 0. The van der Waals surface area contributed by atoms with E-state index in [9.17, 15) is 4.39 Å². The van der Waals surface area contributed by atoms with E-state index in [1.165, 1.54) is 6.07 Å². The fraction of sp³-hybridized carbons (Fsp3) is 0.0833. The first-order valence-corrected chi connectivity index (χ1v) is 5.64. The Morgan fingerprint density at radius 2 is 2.16 bits per heavy atom. The van der Waals surface area contributed by atoms with Crippen LogP contribution in [0.15, 0.2) is 24.4 Å². The lowest BCUT2D eigenvalue weighted by molar-refractivity contribution is 0.631. The normalized spacial score (nSPS) is 10.8. The average molecular weight is 258 g/mol. The Kier molecular flexibility index (Phi) is 2.52. The van der Waals surface area contributed by atoms with E-state index in [4.69, 9.17) is 5.73 Å². The Hall–Kier alpha value is -2.70. The number of hydrogen-bond acceptors (Lipinski definition) is 5. The molecule has 4 N–H and O–H groups in total. The third kappa shape index (κ3) is 1.95. The first kappa shape index (κ1) is 11.4. The molecule has 0 spiro atoms. The number of hydrogen-bond donors (Lipinski definition) is 3. The highest BCUT2D eigenvalue weighted by Gasteiger charge is 2.11. The number of halogens is 1. The monoisotopic (exact) mass is 258 g/mol. The molecule has 1 aromatic carbocycles. The molecule has 0 saturated heterocycles. The number of nitrogens with one attached hydrogen (secondary N) is 2. The van der Waals surface area contributed by atoms with Crippen LogP contribution in [0.3, 0.4) is 0 Å². The molecule has 0 aliphatic heterocycles. The van der Waals surface area contributed by atoms with Crippen LogP contribution in [-0.2, 0) is 0 Å². The molecule has 0 radical (unpaired) electrons. The number of benzene rings is 1. The highest BCUT2D eigenvalue weighted by molar-refractivity contribution is 5.89. The number of nitrogen functional groups attached to an aromatic ring is 1. The van der Waals surface area contributed by atoms with E-state index in [0.29, 0.717) is 22.5 Å². The number of fused-ring (bicyclic) bond motifs is 1. The van der Waals surface area contributed by atoms with Crippen molar-refractivity contribution in [1.29, 1.82) is 0 Å². The minimum Gasteiger partial charge on any atom is -0.368 e. The van der Waals surface area contributed by atoms with Crippen LogP contribution in [0, 0.1) is 12.7 Å². The third-order valence-electron chi connectivity index (χ3n) is 2.79. The van der Waals surface area contributed by atoms with Crippen molar-refractivity contribution in [3.05, 3.63) is 35.8 Å². The number of aromatic nitrogens is 4. The van der Waals surface area contributed by atoms with E-state index >= 15 is 0 Å². The van der Waals surface area contributed by atoms with Crippen LogP contribution in [-0.4, -0.2) is 20.2 Å². The molecule has 0 atom stereocenters. The molecular weight excluding hydrogens is 247 g/mol. The fourth-order valence-electron chi connectivity index (χ4n) is 1.86. The van der Waals surface area contributed by atoms with Gasteiger partial charge in [-0.3, -0.25) is 5.10 Å².